The number of hydrogen-bond donors (Lipinski definition) is 0. The van der Waals surface area contributed by atoms with Gasteiger partial charge in [-0.1, -0.05) is 30.7 Å². The number of halogens is 2. The maximum Gasteiger partial charge on any atom is 0.387 e. The van der Waals surface area contributed by atoms with Gasteiger partial charge < -0.3 is 9.64 Å². The third-order valence-electron chi connectivity index (χ3n) is 7.39. The summed E-state index contributed by atoms with van der Waals surface area (Å²) < 4.78 is 33.7. The Morgan fingerprint density at radius 1 is 1.06 bits per heavy atom. The fourth-order valence-corrected chi connectivity index (χ4v) is 5.28. The Hall–Kier alpha value is -3.75. The first-order valence-electron chi connectivity index (χ1n) is 11.7. The van der Waals surface area contributed by atoms with Crippen molar-refractivity contribution in [1.29, 1.82) is 0 Å². The molecule has 180 valence electrons. The summed E-state index contributed by atoms with van der Waals surface area (Å²) in [6.07, 6.45) is 7.56. The minimum absolute atomic E-state index is 0.0895. The fraction of sp³-hybridized carbons (Fsp3) is 0.346. The van der Waals surface area contributed by atoms with Crippen LogP contribution in [0.25, 0.3) is 22.0 Å². The molecule has 0 atom stereocenters. The first-order chi connectivity index (χ1) is 16.9. The molecule has 0 N–H and O–H groups in total. The summed E-state index contributed by atoms with van der Waals surface area (Å²) in [5.41, 5.74) is 3.31. The summed E-state index contributed by atoms with van der Waals surface area (Å²) in [4.78, 5) is 24.2. The van der Waals surface area contributed by atoms with E-state index < -0.39 is 6.61 Å². The van der Waals surface area contributed by atoms with E-state index >= 15 is 0 Å². The molecule has 1 saturated heterocycles. The van der Waals surface area contributed by atoms with E-state index in [2.05, 4.69) is 19.6 Å². The van der Waals surface area contributed by atoms with Crippen molar-refractivity contribution < 1.29 is 13.5 Å². The zero-order valence-electron chi connectivity index (χ0n) is 19.3. The summed E-state index contributed by atoms with van der Waals surface area (Å²) in [6, 6.07) is 12.2. The number of rotatable bonds is 6. The maximum absolute atomic E-state index is 12.9. The highest BCUT2D eigenvalue weighted by atomic mass is 19.3. The SMILES string of the molecule is Cn1c(=O)c2ccc(-c3cnc(N4CC5(CCC5)C4)nc3)cc2n1Cc1ccccc1OC(F)F. The molecule has 0 radical (unpaired) electrons. The second-order valence-electron chi connectivity index (χ2n) is 9.59. The second-order valence-corrected chi connectivity index (χ2v) is 9.59. The second kappa shape index (κ2) is 8.18. The lowest BCUT2D eigenvalue weighted by Crippen LogP contribution is -2.60. The lowest BCUT2D eigenvalue weighted by Gasteiger charge is -2.55. The normalized spacial score (nSPS) is 16.5. The van der Waals surface area contributed by atoms with Crippen LogP contribution in [-0.4, -0.2) is 39.0 Å². The van der Waals surface area contributed by atoms with E-state index in [9.17, 15) is 13.6 Å². The van der Waals surface area contributed by atoms with Gasteiger partial charge in [0.05, 0.1) is 17.4 Å². The third-order valence-corrected chi connectivity index (χ3v) is 7.39. The maximum atomic E-state index is 12.9. The summed E-state index contributed by atoms with van der Waals surface area (Å²) in [6.45, 7) is -0.656. The number of benzene rings is 2. The van der Waals surface area contributed by atoms with Gasteiger partial charge in [0.15, 0.2) is 0 Å². The molecule has 2 aromatic carbocycles. The molecule has 1 spiro atoms. The van der Waals surface area contributed by atoms with Gasteiger partial charge in [0.2, 0.25) is 5.95 Å². The van der Waals surface area contributed by atoms with Crippen molar-refractivity contribution in [3.63, 3.8) is 0 Å². The van der Waals surface area contributed by atoms with Crippen molar-refractivity contribution in [1.82, 2.24) is 19.3 Å². The van der Waals surface area contributed by atoms with Crippen LogP contribution >= 0.6 is 0 Å². The highest BCUT2D eigenvalue weighted by molar-refractivity contribution is 5.84. The van der Waals surface area contributed by atoms with Crippen LogP contribution in [0.3, 0.4) is 0 Å². The predicted octanol–water partition coefficient (Wildman–Crippen LogP) is 4.44. The molecule has 0 amide bonds. The number of para-hydroxylation sites is 1. The van der Waals surface area contributed by atoms with Crippen molar-refractivity contribution in [3.05, 3.63) is 70.8 Å². The fourth-order valence-electron chi connectivity index (χ4n) is 5.28. The molecule has 3 heterocycles. The van der Waals surface area contributed by atoms with Crippen molar-refractivity contribution in [3.8, 4) is 16.9 Å². The molecule has 6 rings (SSSR count). The van der Waals surface area contributed by atoms with Crippen LogP contribution in [0.4, 0.5) is 14.7 Å². The Morgan fingerprint density at radius 2 is 1.80 bits per heavy atom. The van der Waals surface area contributed by atoms with Gasteiger partial charge in [-0.2, -0.15) is 8.78 Å². The lowest BCUT2D eigenvalue weighted by atomic mass is 9.64. The van der Waals surface area contributed by atoms with Gasteiger partial charge in [-0.05, 0) is 36.6 Å². The predicted molar refractivity (Wildman–Crippen MR) is 129 cm³/mol. The van der Waals surface area contributed by atoms with E-state index in [4.69, 9.17) is 0 Å². The Bertz CT molecular complexity index is 1450. The van der Waals surface area contributed by atoms with Crippen LogP contribution in [0.5, 0.6) is 5.75 Å². The number of anilines is 1. The summed E-state index contributed by atoms with van der Waals surface area (Å²) in [5.74, 6) is 0.839. The highest BCUT2D eigenvalue weighted by Gasteiger charge is 2.48. The zero-order chi connectivity index (χ0) is 24.2. The summed E-state index contributed by atoms with van der Waals surface area (Å²) in [7, 11) is 1.67. The van der Waals surface area contributed by atoms with Gasteiger partial charge >= 0.3 is 6.61 Å². The Balaban J connectivity index is 1.31. The summed E-state index contributed by atoms with van der Waals surface area (Å²) >= 11 is 0. The molecular weight excluding hydrogens is 452 g/mol. The van der Waals surface area contributed by atoms with E-state index in [1.165, 1.54) is 30.0 Å². The molecule has 1 aliphatic heterocycles. The van der Waals surface area contributed by atoms with E-state index in [0.717, 1.165) is 30.2 Å². The first-order valence-corrected chi connectivity index (χ1v) is 11.7. The number of hydrogen-bond acceptors (Lipinski definition) is 5. The largest absolute Gasteiger partial charge is 0.434 e. The van der Waals surface area contributed by atoms with Crippen LogP contribution < -0.4 is 15.2 Å². The molecule has 1 saturated carbocycles. The molecule has 4 aromatic rings. The van der Waals surface area contributed by atoms with E-state index in [-0.39, 0.29) is 17.9 Å². The molecule has 0 bridgehead atoms. The first kappa shape index (κ1) is 21.8. The van der Waals surface area contributed by atoms with E-state index in [1.54, 1.807) is 36.0 Å². The number of nitrogens with zero attached hydrogens (tertiary/aromatic N) is 5. The van der Waals surface area contributed by atoms with Crippen molar-refractivity contribution in [2.75, 3.05) is 18.0 Å². The van der Waals surface area contributed by atoms with E-state index in [0.29, 0.717) is 21.9 Å². The Labute approximate surface area is 200 Å². The topological polar surface area (TPSA) is 65.2 Å². The number of fused-ring (bicyclic) bond motifs is 1. The monoisotopic (exact) mass is 477 g/mol. The lowest BCUT2D eigenvalue weighted by molar-refractivity contribution is -0.0505. The molecule has 1 aliphatic carbocycles. The third kappa shape index (κ3) is 3.75. The van der Waals surface area contributed by atoms with Gasteiger partial charge in [0.25, 0.3) is 5.56 Å². The summed E-state index contributed by atoms with van der Waals surface area (Å²) in [5, 5.41) is 0.549. The van der Waals surface area contributed by atoms with E-state index in [1.807, 2.05) is 24.5 Å². The van der Waals surface area contributed by atoms with Crippen LogP contribution in [0, 0.1) is 5.41 Å². The van der Waals surface area contributed by atoms with Gasteiger partial charge in [0, 0.05) is 49.1 Å². The molecule has 35 heavy (non-hydrogen) atoms. The molecular formula is C26H25F2N5O2. The van der Waals surface area contributed by atoms with Gasteiger partial charge in [-0.15, -0.1) is 0 Å². The number of aromatic nitrogens is 4. The minimum Gasteiger partial charge on any atom is -0.434 e. The Kier molecular flexibility index (Phi) is 5.09. The molecule has 2 aliphatic rings. The van der Waals surface area contributed by atoms with Gasteiger partial charge in [-0.25, -0.2) is 9.97 Å². The average Bonchev–Trinajstić information content (AvgIpc) is 3.03. The van der Waals surface area contributed by atoms with Crippen LogP contribution in [0.2, 0.25) is 0 Å². The molecule has 9 heteroatoms. The zero-order valence-corrected chi connectivity index (χ0v) is 19.3. The number of ether oxygens (including phenoxy) is 1. The van der Waals surface area contributed by atoms with Crippen LogP contribution in [0.1, 0.15) is 24.8 Å². The Morgan fingerprint density at radius 3 is 2.49 bits per heavy atom. The van der Waals surface area contributed by atoms with Crippen molar-refractivity contribution >= 4 is 16.9 Å². The van der Waals surface area contributed by atoms with Crippen molar-refractivity contribution in [2.45, 2.75) is 32.4 Å². The number of alkyl halides is 2. The average molecular weight is 478 g/mol. The minimum atomic E-state index is -2.92. The van der Waals surface area contributed by atoms with Crippen LogP contribution in [0.15, 0.2) is 59.7 Å². The molecule has 0 unspecified atom stereocenters. The van der Waals surface area contributed by atoms with Crippen molar-refractivity contribution in [2.24, 2.45) is 12.5 Å². The van der Waals surface area contributed by atoms with Crippen LogP contribution in [-0.2, 0) is 13.6 Å². The highest BCUT2D eigenvalue weighted by Crippen LogP contribution is 2.48. The standard InChI is InChI=1S/C26H25F2N5O2/c1-31-23(34)20-8-7-17(19-12-29-25(30-13-19)32-15-26(16-32)9-4-10-26)11-21(20)33(31)14-18-5-2-3-6-22(18)35-24(27)28/h2-3,5-8,11-13,24H,4,9-10,14-16H2,1H3. The molecule has 2 fully saturated rings. The van der Waals surface area contributed by atoms with Gasteiger partial charge in [0.1, 0.15) is 5.75 Å². The van der Waals surface area contributed by atoms with Gasteiger partial charge in [-0.3, -0.25) is 14.2 Å². The molecule has 7 nitrogen and oxygen atoms in total. The smallest absolute Gasteiger partial charge is 0.387 e. The quantitative estimate of drug-likeness (QED) is 0.411. The molecule has 2 aromatic heterocycles.